The van der Waals surface area contributed by atoms with E-state index in [1.165, 1.54) is 4.90 Å². The van der Waals surface area contributed by atoms with Gasteiger partial charge >= 0.3 is 0 Å². The Morgan fingerprint density at radius 1 is 1.17 bits per heavy atom. The van der Waals surface area contributed by atoms with Gasteiger partial charge in [-0.15, -0.1) is 0 Å². The first-order valence-electron chi connectivity index (χ1n) is 8.12. The molecular formula is C18H28N2O3. The molecule has 0 aliphatic rings. The molecule has 0 saturated heterocycles. The Hall–Kier alpha value is -2.04. The largest absolute Gasteiger partial charge is 0.483 e. The number of hydrogen-bond donors (Lipinski definition) is 1. The van der Waals surface area contributed by atoms with Gasteiger partial charge in [-0.05, 0) is 18.9 Å². The summed E-state index contributed by atoms with van der Waals surface area (Å²) in [6, 6.07) is 7.41. The van der Waals surface area contributed by atoms with E-state index < -0.39 is 0 Å². The number of amides is 2. The summed E-state index contributed by atoms with van der Waals surface area (Å²) in [5, 5.41) is 3.07. The molecule has 0 aliphatic carbocycles. The van der Waals surface area contributed by atoms with Gasteiger partial charge in [-0.3, -0.25) is 9.59 Å². The average Bonchev–Trinajstić information content (AvgIpc) is 2.56. The molecule has 1 aromatic carbocycles. The number of ether oxygens (including phenoxy) is 1. The van der Waals surface area contributed by atoms with Crippen LogP contribution in [-0.4, -0.2) is 37.4 Å². The molecule has 1 rings (SSSR count). The summed E-state index contributed by atoms with van der Waals surface area (Å²) >= 11 is 0. The fourth-order valence-electron chi connectivity index (χ4n) is 2.07. The zero-order valence-electron chi connectivity index (χ0n) is 14.8. The Morgan fingerprint density at radius 2 is 1.83 bits per heavy atom. The van der Waals surface area contributed by atoms with E-state index in [9.17, 15) is 9.59 Å². The third-order valence-corrected chi connectivity index (χ3v) is 3.93. The van der Waals surface area contributed by atoms with Crippen LogP contribution < -0.4 is 10.1 Å². The first-order valence-corrected chi connectivity index (χ1v) is 8.12. The molecule has 23 heavy (non-hydrogen) atoms. The van der Waals surface area contributed by atoms with E-state index in [0.29, 0.717) is 5.75 Å². The lowest BCUT2D eigenvalue weighted by Crippen LogP contribution is -2.33. The smallest absolute Gasteiger partial charge is 0.259 e. The summed E-state index contributed by atoms with van der Waals surface area (Å²) in [5.74, 6) is 0.557. The summed E-state index contributed by atoms with van der Waals surface area (Å²) in [5.41, 5.74) is 0.901. The minimum absolute atomic E-state index is 0.0141. The predicted molar refractivity (Wildman–Crippen MR) is 91.3 cm³/mol. The van der Waals surface area contributed by atoms with Gasteiger partial charge in [-0.2, -0.15) is 0 Å². The van der Waals surface area contributed by atoms with Crippen LogP contribution in [0.2, 0.25) is 0 Å². The summed E-state index contributed by atoms with van der Waals surface area (Å²) in [6.45, 7) is 5.92. The standard InChI is InChI=1S/C18H28N2O3/c1-6-13(3)18(22)19-15(7-2)14-10-8-9-11-16(14)23-12-17(21)20(4)5/h8-11,13,15H,6-7,12H2,1-5H3,(H,19,22)/t13-,15-/m0/s1. The van der Waals surface area contributed by atoms with Crippen LogP contribution in [-0.2, 0) is 9.59 Å². The number of benzene rings is 1. The highest BCUT2D eigenvalue weighted by Gasteiger charge is 2.20. The topological polar surface area (TPSA) is 58.6 Å². The molecule has 2 amide bonds. The van der Waals surface area contributed by atoms with Gasteiger partial charge in [0.25, 0.3) is 5.91 Å². The number of carbonyl (C=O) groups excluding carboxylic acids is 2. The molecule has 128 valence electrons. The van der Waals surface area contributed by atoms with Crippen molar-refractivity contribution in [2.45, 2.75) is 39.7 Å². The maximum atomic E-state index is 12.2. The van der Waals surface area contributed by atoms with Crippen LogP contribution >= 0.6 is 0 Å². The van der Waals surface area contributed by atoms with Gasteiger partial charge in [0, 0.05) is 25.6 Å². The van der Waals surface area contributed by atoms with Crippen molar-refractivity contribution in [3.63, 3.8) is 0 Å². The number of hydrogen-bond acceptors (Lipinski definition) is 3. The molecule has 1 N–H and O–H groups in total. The van der Waals surface area contributed by atoms with Crippen molar-refractivity contribution >= 4 is 11.8 Å². The van der Waals surface area contributed by atoms with E-state index in [1.54, 1.807) is 14.1 Å². The van der Waals surface area contributed by atoms with Crippen LogP contribution in [0.5, 0.6) is 5.75 Å². The van der Waals surface area contributed by atoms with Crippen molar-refractivity contribution in [2.75, 3.05) is 20.7 Å². The van der Waals surface area contributed by atoms with Crippen molar-refractivity contribution < 1.29 is 14.3 Å². The van der Waals surface area contributed by atoms with Crippen LogP contribution in [0.15, 0.2) is 24.3 Å². The van der Waals surface area contributed by atoms with Crippen molar-refractivity contribution in [3.05, 3.63) is 29.8 Å². The average molecular weight is 320 g/mol. The third kappa shape index (κ3) is 5.58. The molecule has 0 saturated carbocycles. The zero-order chi connectivity index (χ0) is 17.4. The molecule has 0 radical (unpaired) electrons. The maximum absolute atomic E-state index is 12.2. The lowest BCUT2D eigenvalue weighted by molar-refractivity contribution is -0.131. The van der Waals surface area contributed by atoms with Crippen LogP contribution in [0.4, 0.5) is 0 Å². The zero-order valence-corrected chi connectivity index (χ0v) is 14.8. The van der Waals surface area contributed by atoms with Crippen LogP contribution in [0, 0.1) is 5.92 Å². The molecule has 0 fully saturated rings. The first-order chi connectivity index (χ1) is 10.9. The number of nitrogens with one attached hydrogen (secondary N) is 1. The van der Waals surface area contributed by atoms with Gasteiger partial charge in [0.1, 0.15) is 5.75 Å². The molecule has 5 nitrogen and oxygen atoms in total. The normalized spacial score (nSPS) is 13.1. The molecule has 1 aromatic rings. The Labute approximate surface area is 139 Å². The van der Waals surface area contributed by atoms with Crippen molar-refractivity contribution in [2.24, 2.45) is 5.92 Å². The van der Waals surface area contributed by atoms with Gasteiger partial charge in [0.2, 0.25) is 5.91 Å². The molecule has 5 heteroatoms. The van der Waals surface area contributed by atoms with Gasteiger partial charge in [-0.25, -0.2) is 0 Å². The minimum atomic E-state index is -0.123. The van der Waals surface area contributed by atoms with Gasteiger partial charge in [0.05, 0.1) is 6.04 Å². The van der Waals surface area contributed by atoms with E-state index >= 15 is 0 Å². The van der Waals surface area contributed by atoms with Gasteiger partial charge in [-0.1, -0.05) is 39.0 Å². The third-order valence-electron chi connectivity index (χ3n) is 3.93. The van der Waals surface area contributed by atoms with E-state index in [0.717, 1.165) is 18.4 Å². The molecular weight excluding hydrogens is 292 g/mol. The van der Waals surface area contributed by atoms with Crippen LogP contribution in [0.1, 0.15) is 45.2 Å². The van der Waals surface area contributed by atoms with E-state index in [2.05, 4.69) is 5.32 Å². The quantitative estimate of drug-likeness (QED) is 0.801. The van der Waals surface area contributed by atoms with Gasteiger partial charge < -0.3 is 15.0 Å². The number of nitrogens with zero attached hydrogens (tertiary/aromatic N) is 1. The molecule has 0 aliphatic heterocycles. The number of carbonyl (C=O) groups is 2. The minimum Gasteiger partial charge on any atom is -0.483 e. The SMILES string of the molecule is CC[C@H](NC(=O)[C@@H](C)CC)c1ccccc1OCC(=O)N(C)C. The van der Waals surface area contributed by atoms with Crippen LogP contribution in [0.25, 0.3) is 0 Å². The number of para-hydroxylation sites is 1. The summed E-state index contributed by atoms with van der Waals surface area (Å²) in [6.07, 6.45) is 1.56. The summed E-state index contributed by atoms with van der Waals surface area (Å²) < 4.78 is 5.67. The van der Waals surface area contributed by atoms with Crippen LogP contribution in [0.3, 0.4) is 0 Å². The molecule has 0 spiro atoms. The Balaban J connectivity index is 2.88. The predicted octanol–water partition coefficient (Wildman–Crippen LogP) is 2.77. The second-order valence-electron chi connectivity index (χ2n) is 5.89. The lowest BCUT2D eigenvalue weighted by Gasteiger charge is -2.22. The fourth-order valence-corrected chi connectivity index (χ4v) is 2.07. The highest BCUT2D eigenvalue weighted by atomic mass is 16.5. The second-order valence-corrected chi connectivity index (χ2v) is 5.89. The van der Waals surface area contributed by atoms with E-state index in [4.69, 9.17) is 4.74 Å². The molecule has 0 bridgehead atoms. The van der Waals surface area contributed by atoms with E-state index in [-0.39, 0.29) is 30.4 Å². The molecule has 0 aromatic heterocycles. The monoisotopic (exact) mass is 320 g/mol. The Bertz CT molecular complexity index is 529. The van der Waals surface area contributed by atoms with E-state index in [1.807, 2.05) is 45.0 Å². The highest BCUT2D eigenvalue weighted by Crippen LogP contribution is 2.27. The van der Waals surface area contributed by atoms with Crippen molar-refractivity contribution in [1.82, 2.24) is 10.2 Å². The first kappa shape index (κ1) is 19.0. The highest BCUT2D eigenvalue weighted by molar-refractivity contribution is 5.79. The van der Waals surface area contributed by atoms with Crippen molar-refractivity contribution in [3.8, 4) is 5.75 Å². The second kappa shape index (κ2) is 9.18. The Kier molecular flexibility index (Phi) is 7.59. The Morgan fingerprint density at radius 3 is 2.39 bits per heavy atom. The molecule has 0 unspecified atom stereocenters. The van der Waals surface area contributed by atoms with Crippen molar-refractivity contribution in [1.29, 1.82) is 0 Å². The molecule has 2 atom stereocenters. The number of rotatable bonds is 8. The summed E-state index contributed by atoms with van der Waals surface area (Å²) in [7, 11) is 3.39. The lowest BCUT2D eigenvalue weighted by atomic mass is 10.0. The molecule has 0 heterocycles. The fraction of sp³-hybridized carbons (Fsp3) is 0.556. The number of likely N-dealkylation sites (N-methyl/N-ethyl adjacent to an activating group) is 1. The maximum Gasteiger partial charge on any atom is 0.259 e. The summed E-state index contributed by atoms with van der Waals surface area (Å²) in [4.78, 5) is 25.4. The van der Waals surface area contributed by atoms with Gasteiger partial charge in [0.15, 0.2) is 6.61 Å².